The molecule has 1 aromatic rings. The number of thiazole rings is 1. The summed E-state index contributed by atoms with van der Waals surface area (Å²) in [6.45, 7) is 2.88. The molecule has 1 amide bonds. The number of piperazine rings is 1. The summed E-state index contributed by atoms with van der Waals surface area (Å²) in [5.74, 6) is 0.180. The van der Waals surface area contributed by atoms with Gasteiger partial charge in [0.05, 0.1) is 18.6 Å². The zero-order valence-corrected chi connectivity index (χ0v) is 10.5. The molecule has 1 aromatic heterocycles. The Morgan fingerprint density at radius 3 is 2.93 bits per heavy atom. The van der Waals surface area contributed by atoms with Crippen molar-refractivity contribution < 1.29 is 4.79 Å². The van der Waals surface area contributed by atoms with Gasteiger partial charge in [-0.3, -0.25) is 9.78 Å². The van der Waals surface area contributed by atoms with Gasteiger partial charge in [0, 0.05) is 24.2 Å². The van der Waals surface area contributed by atoms with Crippen LogP contribution in [0.25, 0.3) is 0 Å². The quantitative estimate of drug-likeness (QED) is 0.869. The van der Waals surface area contributed by atoms with E-state index in [9.17, 15) is 4.79 Å². The fourth-order valence-corrected chi connectivity index (χ4v) is 1.93. The standard InChI is InChI=1S/C8H11N3OS.2ClH/c12-8-4-9-1-2-11(8)5-7-3-10-6-13-7;;/h3,6,9H,1-2,4-5H2;2*1H. The number of aromatic nitrogens is 1. The monoisotopic (exact) mass is 269 g/mol. The van der Waals surface area contributed by atoms with Crippen LogP contribution in [0.5, 0.6) is 0 Å². The van der Waals surface area contributed by atoms with Crippen molar-refractivity contribution in [1.29, 1.82) is 0 Å². The van der Waals surface area contributed by atoms with Gasteiger partial charge < -0.3 is 10.2 Å². The molecule has 0 radical (unpaired) electrons. The zero-order valence-electron chi connectivity index (χ0n) is 8.01. The van der Waals surface area contributed by atoms with Crippen molar-refractivity contribution in [2.75, 3.05) is 19.6 Å². The first-order chi connectivity index (χ1) is 6.36. The van der Waals surface area contributed by atoms with Gasteiger partial charge in [-0.2, -0.15) is 0 Å². The summed E-state index contributed by atoms with van der Waals surface area (Å²) in [5, 5.41) is 3.04. The first-order valence-electron chi connectivity index (χ1n) is 4.22. The lowest BCUT2D eigenvalue weighted by Crippen LogP contribution is -2.47. The Bertz CT molecular complexity index is 294. The van der Waals surface area contributed by atoms with Crippen LogP contribution in [0.2, 0.25) is 0 Å². The number of hydrogen-bond donors (Lipinski definition) is 1. The summed E-state index contributed by atoms with van der Waals surface area (Å²) in [4.78, 5) is 18.4. The molecule has 86 valence electrons. The largest absolute Gasteiger partial charge is 0.335 e. The maximum atomic E-state index is 11.4. The molecule has 0 unspecified atom stereocenters. The number of nitrogens with one attached hydrogen (secondary N) is 1. The highest BCUT2D eigenvalue weighted by atomic mass is 35.5. The Morgan fingerprint density at radius 1 is 1.53 bits per heavy atom. The van der Waals surface area contributed by atoms with Crippen molar-refractivity contribution in [3.05, 3.63) is 16.6 Å². The summed E-state index contributed by atoms with van der Waals surface area (Å²) in [7, 11) is 0. The summed E-state index contributed by atoms with van der Waals surface area (Å²) in [6, 6.07) is 0. The van der Waals surface area contributed by atoms with E-state index in [-0.39, 0.29) is 30.7 Å². The van der Waals surface area contributed by atoms with E-state index in [0.717, 1.165) is 18.0 Å². The van der Waals surface area contributed by atoms with E-state index >= 15 is 0 Å². The highest BCUT2D eigenvalue weighted by Gasteiger charge is 2.17. The fraction of sp³-hybridized carbons (Fsp3) is 0.500. The lowest BCUT2D eigenvalue weighted by atomic mass is 10.3. The topological polar surface area (TPSA) is 45.2 Å². The Balaban J connectivity index is 0.000000980. The van der Waals surface area contributed by atoms with Crippen molar-refractivity contribution in [1.82, 2.24) is 15.2 Å². The van der Waals surface area contributed by atoms with Crippen LogP contribution in [0, 0.1) is 0 Å². The number of carbonyl (C=O) groups excluding carboxylic acids is 1. The molecule has 0 aliphatic carbocycles. The summed E-state index contributed by atoms with van der Waals surface area (Å²) < 4.78 is 0. The van der Waals surface area contributed by atoms with Crippen LogP contribution in [0.3, 0.4) is 0 Å². The number of halogens is 2. The van der Waals surface area contributed by atoms with Gasteiger partial charge in [0.15, 0.2) is 0 Å². The van der Waals surface area contributed by atoms with Gasteiger partial charge in [-0.05, 0) is 0 Å². The van der Waals surface area contributed by atoms with Gasteiger partial charge in [-0.15, -0.1) is 36.2 Å². The molecular formula is C8H13Cl2N3OS. The van der Waals surface area contributed by atoms with Crippen LogP contribution < -0.4 is 5.32 Å². The smallest absolute Gasteiger partial charge is 0.236 e. The summed E-state index contributed by atoms with van der Waals surface area (Å²) in [6.07, 6.45) is 1.82. The zero-order chi connectivity index (χ0) is 9.10. The minimum absolute atomic E-state index is 0. The number of carbonyl (C=O) groups is 1. The number of rotatable bonds is 2. The molecule has 1 aliphatic heterocycles. The van der Waals surface area contributed by atoms with Crippen LogP contribution in [0.15, 0.2) is 11.7 Å². The van der Waals surface area contributed by atoms with Crippen LogP contribution in [-0.2, 0) is 11.3 Å². The Hall–Kier alpha value is -0.360. The number of nitrogens with zero attached hydrogens (tertiary/aromatic N) is 2. The number of amides is 1. The van der Waals surface area contributed by atoms with E-state index in [1.54, 1.807) is 16.8 Å². The third-order valence-corrected chi connectivity index (χ3v) is 2.78. The molecule has 0 atom stereocenters. The molecule has 2 heterocycles. The lowest BCUT2D eigenvalue weighted by Gasteiger charge is -2.26. The van der Waals surface area contributed by atoms with E-state index < -0.39 is 0 Å². The van der Waals surface area contributed by atoms with Gasteiger partial charge in [-0.1, -0.05) is 0 Å². The van der Waals surface area contributed by atoms with Gasteiger partial charge in [0.2, 0.25) is 5.91 Å². The molecule has 2 rings (SSSR count). The van der Waals surface area contributed by atoms with Crippen molar-refractivity contribution in [3.8, 4) is 0 Å². The minimum atomic E-state index is 0. The van der Waals surface area contributed by atoms with Gasteiger partial charge in [0.25, 0.3) is 0 Å². The summed E-state index contributed by atoms with van der Waals surface area (Å²) in [5.41, 5.74) is 1.79. The molecule has 7 heteroatoms. The van der Waals surface area contributed by atoms with Gasteiger partial charge in [-0.25, -0.2) is 0 Å². The second-order valence-corrected chi connectivity index (χ2v) is 3.93. The Labute approximate surface area is 105 Å². The molecule has 0 spiro atoms. The molecule has 0 saturated carbocycles. The van der Waals surface area contributed by atoms with Crippen LogP contribution in [-0.4, -0.2) is 35.4 Å². The fourth-order valence-electron chi connectivity index (χ4n) is 1.32. The Morgan fingerprint density at radius 2 is 2.33 bits per heavy atom. The highest BCUT2D eigenvalue weighted by Crippen LogP contribution is 2.10. The number of hydrogen-bond acceptors (Lipinski definition) is 4. The maximum Gasteiger partial charge on any atom is 0.236 e. The predicted molar refractivity (Wildman–Crippen MR) is 64.9 cm³/mol. The van der Waals surface area contributed by atoms with Crippen LogP contribution in [0.1, 0.15) is 4.88 Å². The minimum Gasteiger partial charge on any atom is -0.335 e. The molecule has 4 nitrogen and oxygen atoms in total. The van der Waals surface area contributed by atoms with Crippen LogP contribution in [0.4, 0.5) is 0 Å². The van der Waals surface area contributed by atoms with Crippen molar-refractivity contribution in [2.45, 2.75) is 6.54 Å². The van der Waals surface area contributed by atoms with Crippen molar-refractivity contribution in [3.63, 3.8) is 0 Å². The van der Waals surface area contributed by atoms with Crippen molar-refractivity contribution >= 4 is 42.1 Å². The van der Waals surface area contributed by atoms with Gasteiger partial charge >= 0.3 is 0 Å². The Kier molecular flexibility index (Phi) is 6.84. The molecule has 1 saturated heterocycles. The molecule has 15 heavy (non-hydrogen) atoms. The molecule has 0 bridgehead atoms. The van der Waals surface area contributed by atoms with E-state index in [1.165, 1.54) is 0 Å². The predicted octanol–water partition coefficient (Wildman–Crippen LogP) is 0.919. The molecule has 1 N–H and O–H groups in total. The van der Waals surface area contributed by atoms with Gasteiger partial charge in [0.1, 0.15) is 0 Å². The van der Waals surface area contributed by atoms with E-state index in [0.29, 0.717) is 13.1 Å². The molecular weight excluding hydrogens is 257 g/mol. The SMILES string of the molecule is Cl.Cl.O=C1CNCCN1Cc1cncs1. The first-order valence-corrected chi connectivity index (χ1v) is 5.10. The molecule has 1 aliphatic rings. The van der Waals surface area contributed by atoms with Crippen molar-refractivity contribution in [2.24, 2.45) is 0 Å². The normalized spacial score (nSPS) is 15.5. The molecule has 1 fully saturated rings. The lowest BCUT2D eigenvalue weighted by molar-refractivity contribution is -0.132. The average molecular weight is 270 g/mol. The first kappa shape index (κ1) is 14.6. The second kappa shape index (κ2) is 7.00. The van der Waals surface area contributed by atoms with E-state index in [4.69, 9.17) is 0 Å². The highest BCUT2D eigenvalue weighted by molar-refractivity contribution is 7.09. The second-order valence-electron chi connectivity index (χ2n) is 2.96. The maximum absolute atomic E-state index is 11.4. The summed E-state index contributed by atoms with van der Waals surface area (Å²) >= 11 is 1.59. The molecule has 0 aromatic carbocycles. The third kappa shape index (κ3) is 3.95. The third-order valence-electron chi connectivity index (χ3n) is 2.02. The van der Waals surface area contributed by atoms with Crippen LogP contribution >= 0.6 is 36.2 Å². The van der Waals surface area contributed by atoms with E-state index in [1.807, 2.05) is 11.1 Å². The average Bonchev–Trinajstić information content (AvgIpc) is 2.61. The van der Waals surface area contributed by atoms with E-state index in [2.05, 4.69) is 10.3 Å².